The summed E-state index contributed by atoms with van der Waals surface area (Å²) in [4.78, 5) is 13.8. The number of hydrogen-bond acceptors (Lipinski definition) is 7. The van der Waals surface area contributed by atoms with Crippen LogP contribution in [0.5, 0.6) is 0 Å². The Hall–Kier alpha value is -3.53. The number of imidazole rings is 1. The number of rotatable bonds is 6. The summed E-state index contributed by atoms with van der Waals surface area (Å²) in [5.74, 6) is 1.74. The molecule has 0 radical (unpaired) electrons. The predicted octanol–water partition coefficient (Wildman–Crippen LogP) is 4.14. The lowest BCUT2D eigenvalue weighted by Crippen LogP contribution is -2.24. The highest BCUT2D eigenvalue weighted by Crippen LogP contribution is 2.36. The van der Waals surface area contributed by atoms with Crippen molar-refractivity contribution >= 4 is 27.1 Å². The molecule has 2 aliphatic heterocycles. The van der Waals surface area contributed by atoms with Gasteiger partial charge in [-0.3, -0.25) is 0 Å². The average molecular weight is 521 g/mol. The van der Waals surface area contributed by atoms with Crippen molar-refractivity contribution in [1.82, 2.24) is 19.6 Å². The number of anilines is 2. The Balaban J connectivity index is 1.29. The summed E-state index contributed by atoms with van der Waals surface area (Å²) >= 11 is 0. The van der Waals surface area contributed by atoms with Crippen molar-refractivity contribution < 1.29 is 12.8 Å². The van der Waals surface area contributed by atoms with Gasteiger partial charge in [0.1, 0.15) is 33.0 Å². The summed E-state index contributed by atoms with van der Waals surface area (Å²) in [6, 6.07) is 16.7. The third-order valence-electron chi connectivity index (χ3n) is 7.27. The zero-order valence-corrected chi connectivity index (χ0v) is 21.5. The van der Waals surface area contributed by atoms with E-state index in [9.17, 15) is 12.8 Å². The van der Waals surface area contributed by atoms with E-state index in [-0.39, 0.29) is 23.5 Å². The molecule has 0 bridgehead atoms. The molecule has 0 aliphatic carbocycles. The Morgan fingerprint density at radius 3 is 2.73 bits per heavy atom. The highest BCUT2D eigenvalue weighted by molar-refractivity contribution is 7.90. The van der Waals surface area contributed by atoms with Crippen molar-refractivity contribution in [1.29, 1.82) is 0 Å². The van der Waals surface area contributed by atoms with Crippen LogP contribution in [0.4, 0.5) is 16.0 Å². The van der Waals surface area contributed by atoms with Crippen molar-refractivity contribution in [2.75, 3.05) is 41.4 Å². The molecule has 5 heterocycles. The minimum Gasteiger partial charge on any atom is -0.356 e. The number of nitrogens with zero attached hydrogens (tertiary/aromatic N) is 6. The second-order valence-corrected chi connectivity index (χ2v) is 12.3. The molecule has 8 nitrogen and oxygen atoms in total. The van der Waals surface area contributed by atoms with E-state index in [4.69, 9.17) is 10.1 Å². The summed E-state index contributed by atoms with van der Waals surface area (Å²) in [5.41, 5.74) is 3.22. The molecule has 2 aliphatic rings. The van der Waals surface area contributed by atoms with Gasteiger partial charge in [0.2, 0.25) is 0 Å². The van der Waals surface area contributed by atoms with Gasteiger partial charge in [-0.2, -0.15) is 0 Å². The lowest BCUT2D eigenvalue weighted by atomic mass is 10.0. The van der Waals surface area contributed by atoms with Gasteiger partial charge in [0, 0.05) is 25.9 Å². The SMILES string of the molecule is CS(=O)(=O)C[C@@H]1CCN(c2cccc(-c3cnc4ccc(N5CCC[C@@H]5c5cccc(F)c5)nn34)n2)C1. The maximum atomic E-state index is 13.9. The molecule has 10 heteroatoms. The number of sulfone groups is 1. The average Bonchev–Trinajstić information content (AvgIpc) is 3.62. The van der Waals surface area contributed by atoms with Crippen LogP contribution in [0.2, 0.25) is 0 Å². The summed E-state index contributed by atoms with van der Waals surface area (Å²) < 4.78 is 39.2. The first-order chi connectivity index (χ1) is 17.8. The standard InChI is InChI=1S/C27H29FN6O2S/c1-37(35,36)18-19-12-14-32(17-19)26-9-3-7-22(30-26)24-16-29-25-10-11-27(31-34(24)25)33-13-4-8-23(33)20-5-2-6-21(28)15-20/h2-3,5-7,9-11,15-16,19,23H,4,8,12-14,17-18H2,1H3/t19-,23-/m1/s1. The number of pyridine rings is 1. The minimum absolute atomic E-state index is 0.0733. The van der Waals surface area contributed by atoms with Gasteiger partial charge < -0.3 is 9.80 Å². The predicted molar refractivity (Wildman–Crippen MR) is 142 cm³/mol. The molecule has 6 rings (SSSR count). The molecule has 2 fully saturated rings. The molecule has 0 saturated carbocycles. The maximum absolute atomic E-state index is 13.9. The van der Waals surface area contributed by atoms with Crippen LogP contribution in [0.1, 0.15) is 30.9 Å². The maximum Gasteiger partial charge on any atom is 0.154 e. The van der Waals surface area contributed by atoms with Crippen molar-refractivity contribution in [3.63, 3.8) is 0 Å². The van der Waals surface area contributed by atoms with Crippen LogP contribution in [0, 0.1) is 11.7 Å². The fourth-order valence-corrected chi connectivity index (χ4v) is 6.77. The van der Waals surface area contributed by atoms with Crippen LogP contribution in [-0.4, -0.2) is 59.6 Å². The van der Waals surface area contributed by atoms with Gasteiger partial charge in [-0.25, -0.2) is 27.3 Å². The first kappa shape index (κ1) is 23.8. The zero-order valence-electron chi connectivity index (χ0n) is 20.7. The van der Waals surface area contributed by atoms with E-state index in [0.717, 1.165) is 66.6 Å². The monoisotopic (exact) mass is 520 g/mol. The third kappa shape index (κ3) is 4.90. The summed E-state index contributed by atoms with van der Waals surface area (Å²) in [6.45, 7) is 2.30. The molecular weight excluding hydrogens is 491 g/mol. The molecule has 2 atom stereocenters. The highest BCUT2D eigenvalue weighted by atomic mass is 32.2. The van der Waals surface area contributed by atoms with E-state index in [0.29, 0.717) is 6.54 Å². The fraction of sp³-hybridized carbons (Fsp3) is 0.370. The molecule has 3 aromatic heterocycles. The van der Waals surface area contributed by atoms with Crippen molar-refractivity contribution in [2.45, 2.75) is 25.3 Å². The smallest absolute Gasteiger partial charge is 0.154 e. The van der Waals surface area contributed by atoms with E-state index in [1.807, 2.05) is 40.9 Å². The van der Waals surface area contributed by atoms with E-state index in [1.165, 1.54) is 12.3 Å². The van der Waals surface area contributed by atoms with Crippen molar-refractivity contribution in [3.05, 3.63) is 72.2 Å². The number of fused-ring (bicyclic) bond motifs is 1. The number of aromatic nitrogens is 4. The molecule has 1 aromatic carbocycles. The first-order valence-corrected chi connectivity index (χ1v) is 14.7. The topological polar surface area (TPSA) is 83.7 Å². The molecule has 0 unspecified atom stereocenters. The van der Waals surface area contributed by atoms with Gasteiger partial charge in [-0.15, -0.1) is 5.10 Å². The van der Waals surface area contributed by atoms with Crippen LogP contribution in [0.3, 0.4) is 0 Å². The second-order valence-electron chi connectivity index (χ2n) is 10.1. The molecule has 0 amide bonds. The molecule has 2 saturated heterocycles. The largest absolute Gasteiger partial charge is 0.356 e. The lowest BCUT2D eigenvalue weighted by molar-refractivity contribution is 0.577. The fourth-order valence-electron chi connectivity index (χ4n) is 5.64. The summed E-state index contributed by atoms with van der Waals surface area (Å²) in [5, 5.41) is 4.94. The normalized spacial score (nSPS) is 20.3. The molecular formula is C27H29FN6O2S. The van der Waals surface area contributed by atoms with Gasteiger partial charge >= 0.3 is 0 Å². The Bertz CT molecular complexity index is 1560. The van der Waals surface area contributed by atoms with E-state index in [2.05, 4.69) is 14.8 Å². The molecule has 0 N–H and O–H groups in total. The zero-order chi connectivity index (χ0) is 25.6. The molecule has 4 aromatic rings. The minimum atomic E-state index is -3.01. The Morgan fingerprint density at radius 1 is 1.03 bits per heavy atom. The van der Waals surface area contributed by atoms with Gasteiger partial charge in [0.05, 0.1) is 23.7 Å². The van der Waals surface area contributed by atoms with Crippen LogP contribution in [0.15, 0.2) is 60.8 Å². The second kappa shape index (κ2) is 9.41. The van der Waals surface area contributed by atoms with Gasteiger partial charge in [-0.05, 0) is 67.1 Å². The quantitative estimate of drug-likeness (QED) is 0.378. The van der Waals surface area contributed by atoms with Crippen LogP contribution in [-0.2, 0) is 9.84 Å². The number of benzene rings is 1. The molecule has 192 valence electrons. The molecule has 0 spiro atoms. The van der Waals surface area contributed by atoms with Crippen LogP contribution < -0.4 is 9.80 Å². The Morgan fingerprint density at radius 2 is 1.89 bits per heavy atom. The van der Waals surface area contributed by atoms with Gasteiger partial charge in [-0.1, -0.05) is 18.2 Å². The van der Waals surface area contributed by atoms with Crippen LogP contribution in [0.25, 0.3) is 17.0 Å². The molecule has 37 heavy (non-hydrogen) atoms. The van der Waals surface area contributed by atoms with E-state index in [1.54, 1.807) is 18.3 Å². The van der Waals surface area contributed by atoms with Gasteiger partial charge in [0.25, 0.3) is 0 Å². The van der Waals surface area contributed by atoms with E-state index < -0.39 is 9.84 Å². The highest BCUT2D eigenvalue weighted by Gasteiger charge is 2.29. The van der Waals surface area contributed by atoms with Crippen LogP contribution >= 0.6 is 0 Å². The third-order valence-corrected chi connectivity index (χ3v) is 8.35. The van der Waals surface area contributed by atoms with E-state index >= 15 is 0 Å². The number of halogens is 1. The van der Waals surface area contributed by atoms with Gasteiger partial charge in [0.15, 0.2) is 5.65 Å². The summed E-state index contributed by atoms with van der Waals surface area (Å²) in [7, 11) is -3.01. The first-order valence-electron chi connectivity index (χ1n) is 12.6. The Kier molecular flexibility index (Phi) is 6.06. The van der Waals surface area contributed by atoms with Crippen molar-refractivity contribution in [3.8, 4) is 11.4 Å². The van der Waals surface area contributed by atoms with Crippen molar-refractivity contribution in [2.24, 2.45) is 5.92 Å². The number of hydrogen-bond donors (Lipinski definition) is 0. The summed E-state index contributed by atoms with van der Waals surface area (Å²) in [6.07, 6.45) is 5.87. The Labute approximate surface area is 215 Å². The lowest BCUT2D eigenvalue weighted by Gasteiger charge is -2.26.